The molecule has 0 radical (unpaired) electrons. The van der Waals surface area contributed by atoms with Gasteiger partial charge in [-0.1, -0.05) is 17.7 Å². The van der Waals surface area contributed by atoms with Crippen LogP contribution in [0.1, 0.15) is 15.9 Å². The Morgan fingerprint density at radius 1 is 1.21 bits per heavy atom. The molecule has 5 nitrogen and oxygen atoms in total. The van der Waals surface area contributed by atoms with E-state index >= 15 is 0 Å². The van der Waals surface area contributed by atoms with Crippen LogP contribution in [0.2, 0.25) is 5.02 Å². The van der Waals surface area contributed by atoms with Crippen molar-refractivity contribution in [3.8, 4) is 5.75 Å². The summed E-state index contributed by atoms with van der Waals surface area (Å²) in [6.45, 7) is 1.49. The monoisotopic (exact) mass is 411 g/mol. The number of carbonyl (C=O) groups is 2. The van der Waals surface area contributed by atoms with E-state index in [0.717, 1.165) is 5.56 Å². The number of hydrogen-bond donors (Lipinski definition) is 1. The summed E-state index contributed by atoms with van der Waals surface area (Å²) in [5, 5.41) is 3.02. The van der Waals surface area contributed by atoms with Crippen molar-refractivity contribution in [2.45, 2.75) is 6.92 Å². The van der Waals surface area contributed by atoms with Crippen molar-refractivity contribution < 1.29 is 19.1 Å². The van der Waals surface area contributed by atoms with Crippen LogP contribution in [0.4, 0.5) is 5.69 Å². The van der Waals surface area contributed by atoms with Crippen LogP contribution in [0.15, 0.2) is 40.9 Å². The SMILES string of the molecule is COc1ccc(C(=O)OCC(=O)Nc2ccc(C)cc2Cl)cc1Br. The molecule has 24 heavy (non-hydrogen) atoms. The van der Waals surface area contributed by atoms with E-state index in [2.05, 4.69) is 21.2 Å². The number of halogens is 2. The number of aryl methyl sites for hydroxylation is 1. The maximum absolute atomic E-state index is 12.0. The number of anilines is 1. The van der Waals surface area contributed by atoms with Gasteiger partial charge in [0.1, 0.15) is 5.75 Å². The number of methoxy groups -OCH3 is 1. The molecule has 1 amide bonds. The second-order valence-corrected chi connectivity index (χ2v) is 6.22. The largest absolute Gasteiger partial charge is 0.496 e. The van der Waals surface area contributed by atoms with Crippen molar-refractivity contribution in [3.63, 3.8) is 0 Å². The molecule has 0 atom stereocenters. The van der Waals surface area contributed by atoms with E-state index in [9.17, 15) is 9.59 Å². The zero-order chi connectivity index (χ0) is 17.7. The van der Waals surface area contributed by atoms with Gasteiger partial charge < -0.3 is 14.8 Å². The van der Waals surface area contributed by atoms with Crippen LogP contribution in [0.5, 0.6) is 5.75 Å². The molecular weight excluding hydrogens is 398 g/mol. The summed E-state index contributed by atoms with van der Waals surface area (Å²) in [4.78, 5) is 23.9. The number of ether oxygens (including phenoxy) is 2. The number of carbonyl (C=O) groups excluding carboxylic acids is 2. The standard InChI is InChI=1S/C17H15BrClNO4/c1-10-3-5-14(13(19)7-10)20-16(21)9-24-17(22)11-4-6-15(23-2)12(18)8-11/h3-8H,9H2,1-2H3,(H,20,21). The van der Waals surface area contributed by atoms with Crippen molar-refractivity contribution in [1.82, 2.24) is 0 Å². The number of hydrogen-bond acceptors (Lipinski definition) is 4. The number of benzene rings is 2. The predicted molar refractivity (Wildman–Crippen MR) is 95.8 cm³/mol. The molecule has 0 spiro atoms. The second-order valence-electron chi connectivity index (χ2n) is 4.96. The van der Waals surface area contributed by atoms with Crippen LogP contribution >= 0.6 is 27.5 Å². The Labute approximate surface area is 153 Å². The van der Waals surface area contributed by atoms with Crippen molar-refractivity contribution in [2.75, 3.05) is 19.0 Å². The van der Waals surface area contributed by atoms with E-state index in [1.165, 1.54) is 7.11 Å². The molecule has 0 aromatic heterocycles. The fraction of sp³-hybridized carbons (Fsp3) is 0.176. The van der Waals surface area contributed by atoms with Crippen LogP contribution in [0, 0.1) is 6.92 Å². The summed E-state index contributed by atoms with van der Waals surface area (Å²) >= 11 is 9.33. The van der Waals surface area contributed by atoms with E-state index in [1.807, 2.05) is 13.0 Å². The third-order valence-corrected chi connectivity index (χ3v) is 4.05. The second kappa shape index (κ2) is 8.17. The number of amides is 1. The van der Waals surface area contributed by atoms with Gasteiger partial charge in [-0.15, -0.1) is 0 Å². The molecule has 0 aliphatic carbocycles. The Balaban J connectivity index is 1.93. The first-order chi connectivity index (χ1) is 11.4. The van der Waals surface area contributed by atoms with Gasteiger partial charge in [-0.3, -0.25) is 4.79 Å². The number of nitrogens with one attached hydrogen (secondary N) is 1. The van der Waals surface area contributed by atoms with Gasteiger partial charge in [-0.05, 0) is 58.7 Å². The van der Waals surface area contributed by atoms with Crippen LogP contribution in [0.3, 0.4) is 0 Å². The predicted octanol–water partition coefficient (Wildman–Crippen LogP) is 4.22. The summed E-state index contributed by atoms with van der Waals surface area (Å²) in [7, 11) is 1.53. The normalized spacial score (nSPS) is 10.2. The summed E-state index contributed by atoms with van der Waals surface area (Å²) in [5.74, 6) is -0.483. The third kappa shape index (κ3) is 4.72. The van der Waals surface area contributed by atoms with Crippen molar-refractivity contribution in [1.29, 1.82) is 0 Å². The first kappa shape index (κ1) is 18.3. The van der Waals surface area contributed by atoms with Gasteiger partial charge in [-0.2, -0.15) is 0 Å². The molecule has 0 fully saturated rings. The van der Waals surface area contributed by atoms with Crippen LogP contribution in [-0.2, 0) is 9.53 Å². The molecule has 7 heteroatoms. The van der Waals surface area contributed by atoms with E-state index in [1.54, 1.807) is 30.3 Å². The molecule has 0 heterocycles. The lowest BCUT2D eigenvalue weighted by Crippen LogP contribution is -2.21. The molecule has 0 saturated heterocycles. The Kier molecular flexibility index (Phi) is 6.23. The summed E-state index contributed by atoms with van der Waals surface area (Å²) in [6.07, 6.45) is 0. The first-order valence-electron chi connectivity index (χ1n) is 6.97. The number of esters is 1. The fourth-order valence-electron chi connectivity index (χ4n) is 1.92. The van der Waals surface area contributed by atoms with Gasteiger partial charge in [0.15, 0.2) is 6.61 Å². The molecule has 2 rings (SSSR count). The van der Waals surface area contributed by atoms with Crippen LogP contribution in [-0.4, -0.2) is 25.6 Å². The lowest BCUT2D eigenvalue weighted by molar-refractivity contribution is -0.119. The summed E-state index contributed by atoms with van der Waals surface area (Å²) < 4.78 is 10.7. The van der Waals surface area contributed by atoms with Crippen molar-refractivity contribution in [2.24, 2.45) is 0 Å². The molecule has 1 N–H and O–H groups in total. The highest BCUT2D eigenvalue weighted by Gasteiger charge is 2.13. The maximum Gasteiger partial charge on any atom is 0.338 e. The highest BCUT2D eigenvalue weighted by Crippen LogP contribution is 2.26. The lowest BCUT2D eigenvalue weighted by Gasteiger charge is -2.09. The van der Waals surface area contributed by atoms with Crippen LogP contribution < -0.4 is 10.1 Å². The van der Waals surface area contributed by atoms with E-state index in [0.29, 0.717) is 26.5 Å². The Morgan fingerprint density at radius 2 is 1.96 bits per heavy atom. The van der Waals surface area contributed by atoms with E-state index in [-0.39, 0.29) is 0 Å². The molecule has 2 aromatic carbocycles. The molecule has 0 bridgehead atoms. The van der Waals surface area contributed by atoms with Gasteiger partial charge >= 0.3 is 5.97 Å². The molecule has 0 unspecified atom stereocenters. The lowest BCUT2D eigenvalue weighted by atomic mass is 10.2. The minimum Gasteiger partial charge on any atom is -0.496 e. The zero-order valence-corrected chi connectivity index (χ0v) is 15.4. The Bertz CT molecular complexity index is 779. The van der Waals surface area contributed by atoms with Gasteiger partial charge in [0.2, 0.25) is 0 Å². The smallest absolute Gasteiger partial charge is 0.338 e. The average molecular weight is 413 g/mol. The molecule has 0 aliphatic heterocycles. The minimum atomic E-state index is -0.608. The van der Waals surface area contributed by atoms with Crippen LogP contribution in [0.25, 0.3) is 0 Å². The Hall–Kier alpha value is -2.05. The highest BCUT2D eigenvalue weighted by atomic mass is 79.9. The molecular formula is C17H15BrClNO4. The van der Waals surface area contributed by atoms with Gasteiger partial charge in [-0.25, -0.2) is 4.79 Å². The van der Waals surface area contributed by atoms with Gasteiger partial charge in [0.25, 0.3) is 5.91 Å². The molecule has 126 valence electrons. The zero-order valence-electron chi connectivity index (χ0n) is 13.1. The highest BCUT2D eigenvalue weighted by molar-refractivity contribution is 9.10. The Morgan fingerprint density at radius 3 is 2.58 bits per heavy atom. The molecule has 2 aromatic rings. The third-order valence-electron chi connectivity index (χ3n) is 3.12. The minimum absolute atomic E-state index is 0.309. The van der Waals surface area contributed by atoms with Crippen molar-refractivity contribution in [3.05, 3.63) is 57.0 Å². The molecule has 0 saturated carbocycles. The van der Waals surface area contributed by atoms with Crippen molar-refractivity contribution >= 4 is 45.1 Å². The maximum atomic E-state index is 12.0. The summed E-state index contributed by atoms with van der Waals surface area (Å²) in [6, 6.07) is 10.0. The van der Waals surface area contributed by atoms with Gasteiger partial charge in [0.05, 0.1) is 27.9 Å². The average Bonchev–Trinajstić information content (AvgIpc) is 2.55. The quantitative estimate of drug-likeness (QED) is 0.747. The van der Waals surface area contributed by atoms with Gasteiger partial charge in [0, 0.05) is 0 Å². The topological polar surface area (TPSA) is 64.6 Å². The van der Waals surface area contributed by atoms with E-state index in [4.69, 9.17) is 21.1 Å². The fourth-order valence-corrected chi connectivity index (χ4v) is 2.74. The van der Waals surface area contributed by atoms with E-state index < -0.39 is 18.5 Å². The summed E-state index contributed by atoms with van der Waals surface area (Å²) in [5.41, 5.74) is 1.76. The first-order valence-corrected chi connectivity index (χ1v) is 8.14. The number of rotatable bonds is 5. The molecule has 0 aliphatic rings.